The first-order chi connectivity index (χ1) is 7.31. The summed E-state index contributed by atoms with van der Waals surface area (Å²) in [5.74, 6) is -0.274. The Kier molecular flexibility index (Phi) is 3.13. The van der Waals surface area contributed by atoms with Crippen molar-refractivity contribution in [2.45, 2.75) is 0 Å². The molecule has 0 bridgehead atoms. The summed E-state index contributed by atoms with van der Waals surface area (Å²) in [6.07, 6.45) is 0. The van der Waals surface area contributed by atoms with Crippen LogP contribution in [-0.2, 0) is 4.74 Å². The van der Waals surface area contributed by atoms with Crippen LogP contribution in [0.5, 0.6) is 0 Å². The summed E-state index contributed by atoms with van der Waals surface area (Å²) in [5.41, 5.74) is 0.433. The number of benzene rings is 1. The smallest absolute Gasteiger partial charge is 0.183 e. The highest BCUT2D eigenvalue weighted by Crippen LogP contribution is 2.27. The fourth-order valence-electron chi connectivity index (χ4n) is 1.25. The van der Waals surface area contributed by atoms with Crippen LogP contribution in [0, 0.1) is 5.82 Å². The van der Waals surface area contributed by atoms with Crippen LogP contribution in [0.1, 0.15) is 0 Å². The van der Waals surface area contributed by atoms with Gasteiger partial charge in [0.05, 0.1) is 11.3 Å². The van der Waals surface area contributed by atoms with Gasteiger partial charge in [0.1, 0.15) is 11.3 Å². The first kappa shape index (κ1) is 10.3. The molecule has 2 rings (SSSR count). The van der Waals surface area contributed by atoms with E-state index in [1.807, 2.05) is 6.07 Å². The molecule has 0 fully saturated rings. The van der Waals surface area contributed by atoms with Gasteiger partial charge in [-0.2, -0.15) is 0 Å². The number of para-hydroxylation sites is 1. The van der Waals surface area contributed by atoms with Crippen molar-refractivity contribution in [1.29, 1.82) is 0 Å². The van der Waals surface area contributed by atoms with Crippen LogP contribution >= 0.6 is 11.3 Å². The molecule has 0 aliphatic heterocycles. The molecule has 0 amide bonds. The van der Waals surface area contributed by atoms with Crippen molar-refractivity contribution in [2.24, 2.45) is 0 Å². The van der Waals surface area contributed by atoms with Crippen LogP contribution in [-0.4, -0.2) is 25.2 Å². The largest absolute Gasteiger partial charge is 0.383 e. The predicted molar refractivity (Wildman–Crippen MR) is 59.9 cm³/mol. The zero-order valence-corrected chi connectivity index (χ0v) is 9.10. The maximum absolute atomic E-state index is 13.3. The summed E-state index contributed by atoms with van der Waals surface area (Å²) >= 11 is 1.44. The van der Waals surface area contributed by atoms with Crippen LogP contribution in [0.3, 0.4) is 0 Å². The number of ether oxygens (including phenoxy) is 1. The van der Waals surface area contributed by atoms with Gasteiger partial charge in [-0.05, 0) is 12.1 Å². The molecule has 15 heavy (non-hydrogen) atoms. The molecule has 80 valence electrons. The van der Waals surface area contributed by atoms with Gasteiger partial charge in [-0.3, -0.25) is 0 Å². The molecule has 0 atom stereocenters. The van der Waals surface area contributed by atoms with Crippen LogP contribution in [0.15, 0.2) is 18.2 Å². The Morgan fingerprint density at radius 3 is 3.13 bits per heavy atom. The Hall–Kier alpha value is -1.20. The fraction of sp³-hybridized carbons (Fsp3) is 0.300. The molecular formula is C10H11FN2OS. The Morgan fingerprint density at radius 1 is 1.53 bits per heavy atom. The van der Waals surface area contributed by atoms with Crippen molar-refractivity contribution < 1.29 is 9.13 Å². The predicted octanol–water partition coefficient (Wildman–Crippen LogP) is 2.49. The van der Waals surface area contributed by atoms with Gasteiger partial charge >= 0.3 is 0 Å². The summed E-state index contributed by atoms with van der Waals surface area (Å²) < 4.78 is 19.0. The van der Waals surface area contributed by atoms with E-state index in [-0.39, 0.29) is 5.82 Å². The van der Waals surface area contributed by atoms with E-state index in [0.717, 1.165) is 9.83 Å². The number of hydrogen-bond acceptors (Lipinski definition) is 4. The number of nitrogens with one attached hydrogen (secondary N) is 1. The molecule has 2 aromatic rings. The minimum atomic E-state index is -0.274. The third kappa shape index (κ3) is 2.24. The lowest BCUT2D eigenvalue weighted by atomic mass is 10.3. The number of fused-ring (bicyclic) bond motifs is 1. The molecule has 0 radical (unpaired) electrons. The fourth-order valence-corrected chi connectivity index (χ4v) is 2.16. The van der Waals surface area contributed by atoms with Gasteiger partial charge in [-0.15, -0.1) is 0 Å². The molecule has 1 aromatic carbocycles. The van der Waals surface area contributed by atoms with Crippen molar-refractivity contribution in [1.82, 2.24) is 4.98 Å². The van der Waals surface area contributed by atoms with Crippen molar-refractivity contribution in [3.63, 3.8) is 0 Å². The summed E-state index contributed by atoms with van der Waals surface area (Å²) in [6.45, 7) is 1.29. The normalized spacial score (nSPS) is 10.8. The number of nitrogens with zero attached hydrogens (tertiary/aromatic N) is 1. The number of methoxy groups -OCH3 is 1. The SMILES string of the molecule is COCCNc1nc2c(F)cccc2s1. The van der Waals surface area contributed by atoms with E-state index in [1.54, 1.807) is 13.2 Å². The van der Waals surface area contributed by atoms with Crippen LogP contribution in [0.25, 0.3) is 10.2 Å². The number of thiazole rings is 1. The average molecular weight is 226 g/mol. The Morgan fingerprint density at radius 2 is 2.40 bits per heavy atom. The molecular weight excluding hydrogens is 215 g/mol. The van der Waals surface area contributed by atoms with Gasteiger partial charge in [0.15, 0.2) is 5.13 Å². The third-order valence-corrected chi connectivity index (χ3v) is 2.93. The lowest BCUT2D eigenvalue weighted by molar-refractivity contribution is 0.211. The van der Waals surface area contributed by atoms with E-state index < -0.39 is 0 Å². The molecule has 0 saturated carbocycles. The lowest BCUT2D eigenvalue weighted by Gasteiger charge is -1.99. The number of halogens is 1. The highest BCUT2D eigenvalue weighted by Gasteiger charge is 2.06. The first-order valence-corrected chi connectivity index (χ1v) is 5.41. The van der Waals surface area contributed by atoms with Crippen molar-refractivity contribution in [3.05, 3.63) is 24.0 Å². The summed E-state index contributed by atoms with van der Waals surface area (Å²) in [7, 11) is 1.64. The number of anilines is 1. The number of hydrogen-bond donors (Lipinski definition) is 1. The zero-order valence-electron chi connectivity index (χ0n) is 8.29. The van der Waals surface area contributed by atoms with Crippen LogP contribution in [0.4, 0.5) is 9.52 Å². The Labute approximate surface area is 90.9 Å². The van der Waals surface area contributed by atoms with E-state index in [4.69, 9.17) is 4.74 Å². The first-order valence-electron chi connectivity index (χ1n) is 4.59. The third-order valence-electron chi connectivity index (χ3n) is 1.95. The molecule has 1 N–H and O–H groups in total. The summed E-state index contributed by atoms with van der Waals surface area (Å²) in [5, 5.41) is 3.81. The van der Waals surface area contributed by atoms with Gasteiger partial charge in [-0.25, -0.2) is 9.37 Å². The second-order valence-electron chi connectivity index (χ2n) is 3.03. The monoisotopic (exact) mass is 226 g/mol. The Bertz CT molecular complexity index is 458. The summed E-state index contributed by atoms with van der Waals surface area (Å²) in [4.78, 5) is 4.16. The maximum atomic E-state index is 13.3. The molecule has 0 unspecified atom stereocenters. The molecule has 0 spiro atoms. The van der Waals surface area contributed by atoms with E-state index in [1.165, 1.54) is 17.4 Å². The second kappa shape index (κ2) is 4.55. The quantitative estimate of drug-likeness (QED) is 0.813. The standard InChI is InChI=1S/C10H11FN2OS/c1-14-6-5-12-10-13-9-7(11)3-2-4-8(9)15-10/h2-4H,5-6H2,1H3,(H,12,13). The maximum Gasteiger partial charge on any atom is 0.183 e. The average Bonchev–Trinajstić information content (AvgIpc) is 2.63. The molecule has 1 aromatic heterocycles. The van der Waals surface area contributed by atoms with Gasteiger partial charge in [0, 0.05) is 13.7 Å². The molecule has 5 heteroatoms. The van der Waals surface area contributed by atoms with Gasteiger partial charge in [0.2, 0.25) is 0 Å². The minimum Gasteiger partial charge on any atom is -0.383 e. The molecule has 1 heterocycles. The van der Waals surface area contributed by atoms with E-state index in [0.29, 0.717) is 18.7 Å². The van der Waals surface area contributed by atoms with Gasteiger partial charge < -0.3 is 10.1 Å². The van der Waals surface area contributed by atoms with Gasteiger partial charge in [0.25, 0.3) is 0 Å². The van der Waals surface area contributed by atoms with Crippen LogP contribution in [0.2, 0.25) is 0 Å². The molecule has 0 saturated heterocycles. The molecule has 3 nitrogen and oxygen atoms in total. The lowest BCUT2D eigenvalue weighted by Crippen LogP contribution is -2.06. The zero-order chi connectivity index (χ0) is 10.7. The highest BCUT2D eigenvalue weighted by atomic mass is 32.1. The van der Waals surface area contributed by atoms with E-state index in [2.05, 4.69) is 10.3 Å². The molecule has 0 aliphatic rings. The van der Waals surface area contributed by atoms with E-state index in [9.17, 15) is 4.39 Å². The number of aromatic nitrogens is 1. The highest BCUT2D eigenvalue weighted by molar-refractivity contribution is 7.22. The van der Waals surface area contributed by atoms with Crippen molar-refractivity contribution >= 4 is 26.7 Å². The number of rotatable bonds is 4. The molecule has 0 aliphatic carbocycles. The Balaban J connectivity index is 2.20. The van der Waals surface area contributed by atoms with Crippen LogP contribution < -0.4 is 5.32 Å². The van der Waals surface area contributed by atoms with Gasteiger partial charge in [-0.1, -0.05) is 17.4 Å². The van der Waals surface area contributed by atoms with Crippen molar-refractivity contribution in [2.75, 3.05) is 25.6 Å². The topological polar surface area (TPSA) is 34.1 Å². The second-order valence-corrected chi connectivity index (χ2v) is 4.06. The van der Waals surface area contributed by atoms with Crippen molar-refractivity contribution in [3.8, 4) is 0 Å². The summed E-state index contributed by atoms with van der Waals surface area (Å²) in [6, 6.07) is 4.97. The minimum absolute atomic E-state index is 0.274. The van der Waals surface area contributed by atoms with E-state index >= 15 is 0 Å².